The molecule has 2 aliphatic rings. The molecule has 72 heavy (non-hydrogen) atoms. The van der Waals surface area contributed by atoms with E-state index in [-0.39, 0.29) is 60.7 Å². The lowest BCUT2D eigenvalue weighted by atomic mass is 9.85. The number of aryl methyl sites for hydroxylation is 1. The van der Waals surface area contributed by atoms with Crippen LogP contribution in [0.5, 0.6) is 11.5 Å². The fourth-order valence-electron chi connectivity index (χ4n) is 9.24. The van der Waals surface area contributed by atoms with Gasteiger partial charge >= 0.3 is 6.18 Å². The number of fused-ring (bicyclic) bond motifs is 1. The molecule has 17 heteroatoms. The van der Waals surface area contributed by atoms with E-state index in [2.05, 4.69) is 20.9 Å². The predicted octanol–water partition coefficient (Wildman–Crippen LogP) is 9.76. The summed E-state index contributed by atoms with van der Waals surface area (Å²) in [6.45, 7) is 11.0. The molecule has 2 fully saturated rings. The molecule has 4 N–H and O–H groups in total. The van der Waals surface area contributed by atoms with Gasteiger partial charge in [-0.2, -0.15) is 13.2 Å². The Bertz CT molecular complexity index is 2700. The van der Waals surface area contributed by atoms with E-state index in [0.717, 1.165) is 71.3 Å². The SMILES string of the molecule is Cc1ncsc1-c1ccc([C@H](C)NC(=O)[C@@H]2C[C@@H](O)CN2C(=O)[C@@H](NC(=O)CCCCCCCCC(=O)NCC2CN(C(=O)c3ccc4c(Oc5ccc(C(F)(F)F)cc5)cccc4c3)C2)C(C)(C)C)cc1. The molecule has 5 aromatic rings. The number of likely N-dealkylation sites (tertiary alicyclic amines) is 2. The van der Waals surface area contributed by atoms with Gasteiger partial charge in [-0.05, 0) is 97.1 Å². The first kappa shape index (κ1) is 53.5. The van der Waals surface area contributed by atoms with Crippen LogP contribution >= 0.6 is 11.3 Å². The monoisotopic (exact) mass is 1010 g/mol. The van der Waals surface area contributed by atoms with Gasteiger partial charge in [0, 0.05) is 62.3 Å². The van der Waals surface area contributed by atoms with Crippen LogP contribution in [0.2, 0.25) is 0 Å². The third-order valence-electron chi connectivity index (χ3n) is 13.4. The molecule has 0 spiro atoms. The molecular formula is C55H65F3N6O7S. The summed E-state index contributed by atoms with van der Waals surface area (Å²) in [6, 6.07) is 20.9. The fraction of sp³-hybridized carbons (Fsp3) is 0.455. The standard InChI is InChI=1S/C55H65F3N6O7S/c1-34(37-17-19-38(20-18-37)49-35(2)60-33-72-49)61-51(68)45-28-42(65)32-64(45)53(70)50(54(3,4)5)62-48(67)16-11-9-7-6-8-10-15-47(66)59-29-36-30-63(31-36)52(69)40-21-26-44-39(27-40)13-12-14-46(44)71-43-24-22-41(23-25-43)55(56,57)58/h12-14,17-27,33-34,36,42,45,50,65H,6-11,15-16,28-32H2,1-5H3,(H,59,66)(H,61,68)(H,62,67)/t34-,42+,45-,50+/m0/s1. The largest absolute Gasteiger partial charge is 0.457 e. The van der Waals surface area contributed by atoms with Crippen LogP contribution in [0.3, 0.4) is 0 Å². The first-order valence-electron chi connectivity index (χ1n) is 24.8. The third kappa shape index (κ3) is 13.8. The highest BCUT2D eigenvalue weighted by Gasteiger charge is 2.45. The maximum absolute atomic E-state index is 14.1. The molecule has 0 bridgehead atoms. The van der Waals surface area contributed by atoms with Gasteiger partial charge in [0.15, 0.2) is 0 Å². The lowest BCUT2D eigenvalue weighted by Crippen LogP contribution is -2.57. The van der Waals surface area contributed by atoms with E-state index < -0.39 is 41.2 Å². The molecule has 13 nitrogen and oxygen atoms in total. The molecule has 0 unspecified atom stereocenters. The van der Waals surface area contributed by atoms with Gasteiger partial charge in [-0.3, -0.25) is 24.0 Å². The summed E-state index contributed by atoms with van der Waals surface area (Å²) in [5, 5.41) is 21.1. The normalized spacial score (nSPS) is 17.0. The fourth-order valence-corrected chi connectivity index (χ4v) is 10.0. The Morgan fingerprint density at radius 1 is 0.833 bits per heavy atom. The number of β-amino-alcohol motifs (C(OH)–C–C–N with tert-alkyl or cyclic N) is 1. The molecule has 2 aliphatic heterocycles. The minimum absolute atomic E-state index is 0.00171. The van der Waals surface area contributed by atoms with Crippen molar-refractivity contribution >= 4 is 51.6 Å². The van der Waals surface area contributed by atoms with Crippen LogP contribution in [0.15, 0.2) is 90.4 Å². The van der Waals surface area contributed by atoms with E-state index >= 15 is 0 Å². The summed E-state index contributed by atoms with van der Waals surface area (Å²) < 4.78 is 44.8. The molecule has 5 amide bonds. The van der Waals surface area contributed by atoms with Crippen molar-refractivity contribution in [1.29, 1.82) is 0 Å². The summed E-state index contributed by atoms with van der Waals surface area (Å²) in [7, 11) is 0. The van der Waals surface area contributed by atoms with E-state index in [0.29, 0.717) is 49.2 Å². The van der Waals surface area contributed by atoms with Crippen LogP contribution in [0, 0.1) is 18.3 Å². The number of aliphatic hydroxyl groups excluding tert-OH is 1. The molecular weight excluding hydrogens is 946 g/mol. The number of hydrogen-bond donors (Lipinski definition) is 4. The number of nitrogens with one attached hydrogen (secondary N) is 3. The van der Waals surface area contributed by atoms with Crippen LogP contribution < -0.4 is 20.7 Å². The quantitative estimate of drug-likeness (QED) is 0.0559. The number of ether oxygens (including phenoxy) is 1. The number of aromatic nitrogens is 1. The predicted molar refractivity (Wildman–Crippen MR) is 271 cm³/mol. The molecule has 4 atom stereocenters. The molecule has 4 aromatic carbocycles. The number of aliphatic hydroxyl groups is 1. The molecule has 3 heterocycles. The van der Waals surface area contributed by atoms with E-state index in [4.69, 9.17) is 4.74 Å². The summed E-state index contributed by atoms with van der Waals surface area (Å²) >= 11 is 1.57. The molecule has 384 valence electrons. The molecule has 0 saturated carbocycles. The number of thiazole rings is 1. The average molecular weight is 1010 g/mol. The molecule has 7 rings (SSSR count). The van der Waals surface area contributed by atoms with E-state index in [1.165, 1.54) is 17.0 Å². The van der Waals surface area contributed by atoms with Gasteiger partial charge in [-0.25, -0.2) is 4.98 Å². The Hall–Kier alpha value is -6.33. The van der Waals surface area contributed by atoms with Crippen LogP contribution in [-0.4, -0.2) is 93.8 Å². The topological polar surface area (TPSA) is 170 Å². The second-order valence-electron chi connectivity index (χ2n) is 20.2. The number of halogens is 3. The highest BCUT2D eigenvalue weighted by molar-refractivity contribution is 7.13. The van der Waals surface area contributed by atoms with Crippen LogP contribution in [-0.2, 0) is 25.4 Å². The number of carbonyl (C=O) groups is 5. The van der Waals surface area contributed by atoms with Crippen molar-refractivity contribution in [1.82, 2.24) is 30.7 Å². The minimum Gasteiger partial charge on any atom is -0.457 e. The van der Waals surface area contributed by atoms with Gasteiger partial charge in [-0.1, -0.05) is 82.9 Å². The highest BCUT2D eigenvalue weighted by atomic mass is 32.1. The number of hydrogen-bond acceptors (Lipinski definition) is 9. The number of unbranched alkanes of at least 4 members (excludes halogenated alkanes) is 5. The van der Waals surface area contributed by atoms with Crippen molar-refractivity contribution in [2.75, 3.05) is 26.2 Å². The first-order chi connectivity index (χ1) is 34.2. The Labute approximate surface area is 422 Å². The summed E-state index contributed by atoms with van der Waals surface area (Å²) in [6.07, 6.45) is 0.314. The molecule has 0 aliphatic carbocycles. The van der Waals surface area contributed by atoms with E-state index in [1.54, 1.807) is 46.6 Å². The maximum atomic E-state index is 14.1. The maximum Gasteiger partial charge on any atom is 0.416 e. The lowest BCUT2D eigenvalue weighted by molar-refractivity contribution is -0.144. The van der Waals surface area contributed by atoms with Gasteiger partial charge in [0.05, 0.1) is 33.8 Å². The van der Waals surface area contributed by atoms with Gasteiger partial charge < -0.3 is 35.6 Å². The van der Waals surface area contributed by atoms with Gasteiger partial charge in [0.2, 0.25) is 23.6 Å². The van der Waals surface area contributed by atoms with Crippen molar-refractivity contribution in [2.24, 2.45) is 11.3 Å². The van der Waals surface area contributed by atoms with E-state index in [9.17, 15) is 42.3 Å². The van der Waals surface area contributed by atoms with Crippen LogP contribution in [0.1, 0.15) is 119 Å². The molecule has 0 radical (unpaired) electrons. The Balaban J connectivity index is 0.758. The second-order valence-corrected chi connectivity index (χ2v) is 21.1. The first-order valence-corrected chi connectivity index (χ1v) is 25.7. The number of alkyl halides is 3. The Morgan fingerprint density at radius 3 is 2.14 bits per heavy atom. The van der Waals surface area contributed by atoms with Crippen molar-refractivity contribution < 1.29 is 47.0 Å². The van der Waals surface area contributed by atoms with Crippen molar-refractivity contribution in [3.8, 4) is 21.9 Å². The summed E-state index contributed by atoms with van der Waals surface area (Å²) in [4.78, 5) is 75.4. The highest BCUT2D eigenvalue weighted by Crippen LogP contribution is 2.35. The Kier molecular flexibility index (Phi) is 17.4. The van der Waals surface area contributed by atoms with Gasteiger partial charge in [0.1, 0.15) is 23.6 Å². The van der Waals surface area contributed by atoms with Crippen molar-refractivity contribution in [3.05, 3.63) is 113 Å². The zero-order valence-electron chi connectivity index (χ0n) is 41.5. The minimum atomic E-state index is -4.44. The number of carbonyl (C=O) groups excluding carboxylic acids is 5. The number of nitrogens with zero attached hydrogens (tertiary/aromatic N) is 3. The zero-order chi connectivity index (χ0) is 51.7. The Morgan fingerprint density at radius 2 is 1.50 bits per heavy atom. The lowest BCUT2D eigenvalue weighted by Gasteiger charge is -2.39. The third-order valence-corrected chi connectivity index (χ3v) is 14.4. The molecule has 2 saturated heterocycles. The van der Waals surface area contributed by atoms with Crippen molar-refractivity contribution in [3.63, 3.8) is 0 Å². The van der Waals surface area contributed by atoms with Crippen LogP contribution in [0.25, 0.3) is 21.2 Å². The van der Waals surface area contributed by atoms with Crippen LogP contribution in [0.4, 0.5) is 13.2 Å². The van der Waals surface area contributed by atoms with E-state index in [1.807, 2.05) is 70.5 Å². The van der Waals surface area contributed by atoms with Gasteiger partial charge in [0.25, 0.3) is 5.91 Å². The molecule has 1 aromatic heterocycles. The van der Waals surface area contributed by atoms with Gasteiger partial charge in [-0.15, -0.1) is 11.3 Å². The smallest absolute Gasteiger partial charge is 0.416 e. The second kappa shape index (κ2) is 23.5. The average Bonchev–Trinajstić information content (AvgIpc) is 3.95. The van der Waals surface area contributed by atoms with Crippen molar-refractivity contribution in [2.45, 2.75) is 123 Å². The number of benzene rings is 4. The number of amides is 5. The summed E-state index contributed by atoms with van der Waals surface area (Å²) in [5.41, 5.74) is 3.80. The number of rotatable bonds is 20. The zero-order valence-corrected chi connectivity index (χ0v) is 42.3. The summed E-state index contributed by atoms with van der Waals surface area (Å²) in [5.74, 6) is -0.292.